The van der Waals surface area contributed by atoms with Crippen molar-refractivity contribution < 1.29 is 4.57 Å². The molecule has 0 aromatic carbocycles. The van der Waals surface area contributed by atoms with Crippen LogP contribution >= 0.6 is 11.6 Å². The van der Waals surface area contributed by atoms with Gasteiger partial charge in [0.05, 0.1) is 26.0 Å². The summed E-state index contributed by atoms with van der Waals surface area (Å²) in [6.45, 7) is 2.70. The molecule has 0 amide bonds. The molecule has 0 radical (unpaired) electrons. The van der Waals surface area contributed by atoms with E-state index in [-0.39, 0.29) is 5.56 Å². The molecule has 0 spiro atoms. The maximum atomic E-state index is 11.8. The molecule has 0 atom stereocenters. The fourth-order valence-electron chi connectivity index (χ4n) is 2.64. The Morgan fingerprint density at radius 1 is 1.33 bits per heavy atom. The fourth-order valence-corrected chi connectivity index (χ4v) is 2.84. The van der Waals surface area contributed by atoms with E-state index in [0.717, 1.165) is 36.5 Å². The highest BCUT2D eigenvalue weighted by molar-refractivity contribution is 6.18. The highest BCUT2D eigenvalue weighted by Crippen LogP contribution is 2.18. The summed E-state index contributed by atoms with van der Waals surface area (Å²) in [5.74, 6) is 1.76. The number of nitrogens with zero attached hydrogens (tertiary/aromatic N) is 3. The second kappa shape index (κ2) is 4.28. The number of aromatic nitrogens is 2. The molecule has 2 aromatic heterocycles. The van der Waals surface area contributed by atoms with E-state index in [0.29, 0.717) is 5.88 Å². The van der Waals surface area contributed by atoms with Crippen LogP contribution in [-0.4, -0.2) is 23.5 Å². The monoisotopic (exact) mass is 264 g/mol. The van der Waals surface area contributed by atoms with E-state index in [2.05, 4.69) is 21.6 Å². The SMILES string of the molecule is Cn1c(=O)ccc2ccc3[n+](c21)CCN3CCCl. The normalized spacial score (nSPS) is 14.2. The van der Waals surface area contributed by atoms with E-state index >= 15 is 0 Å². The van der Waals surface area contributed by atoms with Crippen molar-refractivity contribution in [1.29, 1.82) is 0 Å². The molecule has 1 aliphatic rings. The van der Waals surface area contributed by atoms with Crippen molar-refractivity contribution in [2.24, 2.45) is 7.05 Å². The lowest BCUT2D eigenvalue weighted by Gasteiger charge is -2.11. The molecule has 4 nitrogen and oxygen atoms in total. The number of rotatable bonds is 2. The van der Waals surface area contributed by atoms with Gasteiger partial charge in [-0.15, -0.1) is 11.6 Å². The van der Waals surface area contributed by atoms with Crippen LogP contribution in [0.5, 0.6) is 0 Å². The van der Waals surface area contributed by atoms with E-state index in [9.17, 15) is 4.79 Å². The van der Waals surface area contributed by atoms with Crippen LogP contribution in [0.4, 0.5) is 5.82 Å². The molecule has 0 saturated heterocycles. The summed E-state index contributed by atoms with van der Waals surface area (Å²) in [6.07, 6.45) is 0. The average Bonchev–Trinajstić information content (AvgIpc) is 2.77. The van der Waals surface area contributed by atoms with Crippen molar-refractivity contribution in [3.63, 3.8) is 0 Å². The molecule has 3 heterocycles. The van der Waals surface area contributed by atoms with Gasteiger partial charge in [0.25, 0.3) is 0 Å². The number of aryl methyl sites for hydroxylation is 1. The minimum atomic E-state index is 0.0270. The number of pyridine rings is 2. The summed E-state index contributed by atoms with van der Waals surface area (Å²) in [5.41, 5.74) is 1.01. The first kappa shape index (κ1) is 11.5. The largest absolute Gasteiger partial charge is 0.306 e. The minimum Gasteiger partial charge on any atom is -0.288 e. The van der Waals surface area contributed by atoms with Crippen LogP contribution < -0.4 is 15.0 Å². The second-order valence-electron chi connectivity index (χ2n) is 4.53. The fraction of sp³-hybridized carbons (Fsp3) is 0.385. The number of halogens is 1. The average molecular weight is 265 g/mol. The quantitative estimate of drug-likeness (QED) is 0.595. The summed E-state index contributed by atoms with van der Waals surface area (Å²) < 4.78 is 3.91. The Morgan fingerprint density at radius 2 is 2.11 bits per heavy atom. The molecule has 0 aliphatic carbocycles. The molecule has 1 aliphatic heterocycles. The number of anilines is 1. The van der Waals surface area contributed by atoms with E-state index < -0.39 is 0 Å². The molecule has 5 heteroatoms. The number of alkyl halides is 1. The van der Waals surface area contributed by atoms with Crippen molar-refractivity contribution in [2.75, 3.05) is 23.9 Å². The zero-order valence-corrected chi connectivity index (χ0v) is 11.0. The van der Waals surface area contributed by atoms with Crippen molar-refractivity contribution in [1.82, 2.24) is 4.57 Å². The first-order chi connectivity index (χ1) is 8.72. The second-order valence-corrected chi connectivity index (χ2v) is 4.91. The maximum absolute atomic E-state index is 11.8. The summed E-state index contributed by atoms with van der Waals surface area (Å²) >= 11 is 5.82. The summed E-state index contributed by atoms with van der Waals surface area (Å²) in [4.78, 5) is 14.0. The van der Waals surface area contributed by atoms with Gasteiger partial charge in [-0.05, 0) is 12.1 Å². The molecule has 2 aromatic rings. The molecule has 18 heavy (non-hydrogen) atoms. The van der Waals surface area contributed by atoms with Crippen molar-refractivity contribution in [2.45, 2.75) is 6.54 Å². The Morgan fingerprint density at radius 3 is 2.89 bits per heavy atom. The smallest absolute Gasteiger partial charge is 0.288 e. The summed E-state index contributed by atoms with van der Waals surface area (Å²) in [5, 5.41) is 1.09. The van der Waals surface area contributed by atoms with Crippen LogP contribution in [0.25, 0.3) is 11.0 Å². The molecule has 94 valence electrons. The molecule has 0 fully saturated rings. The third kappa shape index (κ3) is 1.60. The Hall–Kier alpha value is -1.55. The Balaban J connectivity index is 2.27. The lowest BCUT2D eigenvalue weighted by atomic mass is 10.2. The van der Waals surface area contributed by atoms with E-state index in [1.54, 1.807) is 10.6 Å². The van der Waals surface area contributed by atoms with Gasteiger partial charge in [0.1, 0.15) is 6.54 Å². The van der Waals surface area contributed by atoms with Crippen LogP contribution in [-0.2, 0) is 13.6 Å². The van der Waals surface area contributed by atoms with E-state index in [4.69, 9.17) is 11.6 Å². The van der Waals surface area contributed by atoms with Crippen LogP contribution in [0.2, 0.25) is 0 Å². The van der Waals surface area contributed by atoms with Gasteiger partial charge in [0.15, 0.2) is 0 Å². The highest BCUT2D eigenvalue weighted by Gasteiger charge is 2.27. The van der Waals surface area contributed by atoms with Gasteiger partial charge in [-0.25, -0.2) is 9.13 Å². The van der Waals surface area contributed by atoms with Crippen LogP contribution in [0.1, 0.15) is 0 Å². The number of hydrogen-bond acceptors (Lipinski definition) is 2. The van der Waals surface area contributed by atoms with Gasteiger partial charge in [-0.2, -0.15) is 0 Å². The van der Waals surface area contributed by atoms with Crippen LogP contribution in [0.3, 0.4) is 0 Å². The summed E-state index contributed by atoms with van der Waals surface area (Å²) in [6, 6.07) is 7.66. The van der Waals surface area contributed by atoms with Gasteiger partial charge in [-0.1, -0.05) is 0 Å². The zero-order valence-electron chi connectivity index (χ0n) is 10.3. The molecule has 0 unspecified atom stereocenters. The lowest BCUT2D eigenvalue weighted by Crippen LogP contribution is -2.37. The van der Waals surface area contributed by atoms with Crippen molar-refractivity contribution >= 4 is 28.5 Å². The zero-order chi connectivity index (χ0) is 12.7. The van der Waals surface area contributed by atoms with E-state index in [1.165, 1.54) is 0 Å². The third-order valence-corrected chi connectivity index (χ3v) is 3.70. The minimum absolute atomic E-state index is 0.0270. The lowest BCUT2D eigenvalue weighted by molar-refractivity contribution is -0.647. The summed E-state index contributed by atoms with van der Waals surface area (Å²) in [7, 11) is 1.82. The molecule has 0 saturated carbocycles. The number of fused-ring (bicyclic) bond motifs is 3. The van der Waals surface area contributed by atoms with Crippen molar-refractivity contribution in [3.8, 4) is 0 Å². The molecular weight excluding hydrogens is 250 g/mol. The topological polar surface area (TPSA) is 29.1 Å². The molecule has 0 bridgehead atoms. The predicted octanol–water partition coefficient (Wildman–Crippen LogP) is 0.885. The van der Waals surface area contributed by atoms with Gasteiger partial charge < -0.3 is 0 Å². The van der Waals surface area contributed by atoms with Gasteiger partial charge >= 0.3 is 5.56 Å². The first-order valence-electron chi connectivity index (χ1n) is 6.06. The molecule has 0 N–H and O–H groups in total. The maximum Gasteiger partial charge on any atom is 0.306 e. The van der Waals surface area contributed by atoms with Gasteiger partial charge in [0.2, 0.25) is 11.5 Å². The van der Waals surface area contributed by atoms with E-state index in [1.807, 2.05) is 13.1 Å². The first-order valence-corrected chi connectivity index (χ1v) is 6.59. The number of hydrogen-bond donors (Lipinski definition) is 0. The van der Waals surface area contributed by atoms with Gasteiger partial charge in [-0.3, -0.25) is 9.69 Å². The third-order valence-electron chi connectivity index (χ3n) is 3.53. The Labute approximate surface area is 110 Å². The predicted molar refractivity (Wildman–Crippen MR) is 72.3 cm³/mol. The Bertz CT molecular complexity index is 665. The van der Waals surface area contributed by atoms with Crippen LogP contribution in [0, 0.1) is 0 Å². The molecular formula is C13H15ClN3O+. The highest BCUT2D eigenvalue weighted by atomic mass is 35.5. The van der Waals surface area contributed by atoms with Crippen LogP contribution in [0.15, 0.2) is 29.1 Å². The molecule has 3 rings (SSSR count). The standard InChI is InChI=1S/C13H15ClN3O/c1-15-12(18)5-3-10-2-4-11-16(7-6-14)8-9-17(11)13(10)15/h2-5H,6-9H2,1H3/q+1. The Kier molecular flexibility index (Phi) is 2.74. The van der Waals surface area contributed by atoms with Crippen molar-refractivity contribution in [3.05, 3.63) is 34.6 Å². The van der Waals surface area contributed by atoms with Gasteiger partial charge in [0, 0.05) is 17.5 Å².